The van der Waals surface area contributed by atoms with Gasteiger partial charge in [-0.3, -0.25) is 9.59 Å². The van der Waals surface area contributed by atoms with E-state index in [-0.39, 0.29) is 24.2 Å². The van der Waals surface area contributed by atoms with E-state index in [9.17, 15) is 14.0 Å². The first-order valence-corrected chi connectivity index (χ1v) is 7.57. The summed E-state index contributed by atoms with van der Waals surface area (Å²) < 4.78 is 12.8. The number of amides is 2. The second kappa shape index (κ2) is 8.10. The molecule has 0 aliphatic rings. The van der Waals surface area contributed by atoms with Crippen LogP contribution in [0.1, 0.15) is 18.1 Å². The summed E-state index contributed by atoms with van der Waals surface area (Å²) in [5.74, 6) is -0.633. The van der Waals surface area contributed by atoms with Gasteiger partial charge in [-0.1, -0.05) is 18.2 Å². The van der Waals surface area contributed by atoms with Gasteiger partial charge in [0.25, 0.3) is 0 Å². The van der Waals surface area contributed by atoms with Crippen LogP contribution in [0.5, 0.6) is 0 Å². The van der Waals surface area contributed by atoms with E-state index in [1.54, 1.807) is 24.3 Å². The topological polar surface area (TPSA) is 70.2 Å². The molecule has 0 unspecified atom stereocenters. The summed E-state index contributed by atoms with van der Waals surface area (Å²) in [5.41, 5.74) is 3.24. The number of aryl methyl sites for hydroxylation is 1. The standard InChI is InChI=1S/C18H20FN3O2/c1-12-3-8-16(22-13(2)23)9-17(12)20-11-18(24)21-10-14-4-6-15(19)7-5-14/h3-9,20H,10-11H2,1-2H3,(H,21,24)(H,22,23). The number of anilines is 2. The van der Waals surface area contributed by atoms with E-state index in [0.29, 0.717) is 12.2 Å². The Bertz CT molecular complexity index is 730. The van der Waals surface area contributed by atoms with E-state index in [1.165, 1.54) is 19.1 Å². The third kappa shape index (κ3) is 5.39. The molecule has 2 amide bonds. The first kappa shape index (κ1) is 17.5. The van der Waals surface area contributed by atoms with Crippen molar-refractivity contribution in [3.05, 3.63) is 59.4 Å². The number of hydrogen-bond donors (Lipinski definition) is 3. The van der Waals surface area contributed by atoms with Crippen molar-refractivity contribution in [1.29, 1.82) is 0 Å². The van der Waals surface area contributed by atoms with Gasteiger partial charge in [0.05, 0.1) is 6.54 Å². The molecule has 0 aromatic heterocycles. The highest BCUT2D eigenvalue weighted by Gasteiger charge is 2.05. The Morgan fingerprint density at radius 3 is 2.46 bits per heavy atom. The Morgan fingerprint density at radius 2 is 1.79 bits per heavy atom. The van der Waals surface area contributed by atoms with Gasteiger partial charge in [-0.2, -0.15) is 0 Å². The van der Waals surface area contributed by atoms with Gasteiger partial charge in [0.15, 0.2) is 0 Å². The van der Waals surface area contributed by atoms with E-state index in [0.717, 1.165) is 16.8 Å². The van der Waals surface area contributed by atoms with Crippen LogP contribution >= 0.6 is 0 Å². The number of carbonyl (C=O) groups is 2. The third-order valence-electron chi connectivity index (χ3n) is 3.40. The van der Waals surface area contributed by atoms with Crippen molar-refractivity contribution >= 4 is 23.2 Å². The van der Waals surface area contributed by atoms with Crippen LogP contribution in [0.2, 0.25) is 0 Å². The number of carbonyl (C=O) groups excluding carboxylic acids is 2. The summed E-state index contributed by atoms with van der Waals surface area (Å²) in [5, 5.41) is 8.51. The molecule has 0 fully saturated rings. The molecule has 0 aliphatic carbocycles. The molecule has 0 heterocycles. The molecule has 0 saturated carbocycles. The van der Waals surface area contributed by atoms with Crippen molar-refractivity contribution in [1.82, 2.24) is 5.32 Å². The summed E-state index contributed by atoms with van der Waals surface area (Å²) in [7, 11) is 0. The highest BCUT2D eigenvalue weighted by molar-refractivity contribution is 5.89. The lowest BCUT2D eigenvalue weighted by Crippen LogP contribution is -2.29. The van der Waals surface area contributed by atoms with Gasteiger partial charge >= 0.3 is 0 Å². The monoisotopic (exact) mass is 329 g/mol. The molecule has 2 rings (SSSR count). The van der Waals surface area contributed by atoms with E-state index < -0.39 is 0 Å². The number of nitrogens with one attached hydrogen (secondary N) is 3. The predicted octanol–water partition coefficient (Wildman–Crippen LogP) is 2.82. The van der Waals surface area contributed by atoms with Crippen molar-refractivity contribution in [3.8, 4) is 0 Å². The molecule has 0 aliphatic heterocycles. The van der Waals surface area contributed by atoms with Crippen LogP contribution in [0.3, 0.4) is 0 Å². The number of rotatable bonds is 6. The third-order valence-corrected chi connectivity index (χ3v) is 3.40. The number of hydrogen-bond acceptors (Lipinski definition) is 3. The predicted molar refractivity (Wildman–Crippen MR) is 92.2 cm³/mol. The largest absolute Gasteiger partial charge is 0.376 e. The van der Waals surface area contributed by atoms with E-state index in [4.69, 9.17) is 0 Å². The van der Waals surface area contributed by atoms with Crippen LogP contribution < -0.4 is 16.0 Å². The Labute approximate surface area is 140 Å². The molecule has 3 N–H and O–H groups in total. The van der Waals surface area contributed by atoms with Crippen molar-refractivity contribution in [3.63, 3.8) is 0 Å². The molecule has 2 aromatic carbocycles. The highest BCUT2D eigenvalue weighted by atomic mass is 19.1. The maximum absolute atomic E-state index is 12.8. The molecule has 6 heteroatoms. The zero-order valence-electron chi connectivity index (χ0n) is 13.7. The maximum atomic E-state index is 12.8. The van der Waals surface area contributed by atoms with E-state index >= 15 is 0 Å². The second-order valence-corrected chi connectivity index (χ2v) is 5.47. The number of halogens is 1. The second-order valence-electron chi connectivity index (χ2n) is 5.47. The van der Waals surface area contributed by atoms with E-state index in [1.807, 2.05) is 13.0 Å². The molecule has 0 spiro atoms. The van der Waals surface area contributed by atoms with Crippen LogP contribution in [-0.2, 0) is 16.1 Å². The minimum Gasteiger partial charge on any atom is -0.376 e. The Kier molecular flexibility index (Phi) is 5.89. The Hall–Kier alpha value is -2.89. The Balaban J connectivity index is 1.86. The zero-order chi connectivity index (χ0) is 17.5. The van der Waals surface area contributed by atoms with Gasteiger partial charge in [0.2, 0.25) is 11.8 Å². The molecule has 0 bridgehead atoms. The van der Waals surface area contributed by atoms with Crippen molar-refractivity contribution in [2.45, 2.75) is 20.4 Å². The van der Waals surface area contributed by atoms with Gasteiger partial charge in [-0.25, -0.2) is 4.39 Å². The van der Waals surface area contributed by atoms with Crippen LogP contribution in [0.25, 0.3) is 0 Å². The van der Waals surface area contributed by atoms with Crippen molar-refractivity contribution in [2.24, 2.45) is 0 Å². The van der Waals surface area contributed by atoms with Gasteiger partial charge in [0.1, 0.15) is 5.82 Å². The van der Waals surface area contributed by atoms with Crippen LogP contribution in [0.4, 0.5) is 15.8 Å². The van der Waals surface area contributed by atoms with Gasteiger partial charge < -0.3 is 16.0 Å². The van der Waals surface area contributed by atoms with Crippen LogP contribution in [0, 0.1) is 12.7 Å². The van der Waals surface area contributed by atoms with Gasteiger partial charge in [0, 0.05) is 24.8 Å². The van der Waals surface area contributed by atoms with Crippen molar-refractivity contribution in [2.75, 3.05) is 17.2 Å². The first-order chi connectivity index (χ1) is 11.4. The normalized spacial score (nSPS) is 10.1. The van der Waals surface area contributed by atoms with Gasteiger partial charge in [-0.05, 0) is 42.3 Å². The minimum absolute atomic E-state index is 0.103. The minimum atomic E-state index is -0.304. The van der Waals surface area contributed by atoms with Crippen LogP contribution in [-0.4, -0.2) is 18.4 Å². The summed E-state index contributed by atoms with van der Waals surface area (Å²) in [4.78, 5) is 23.0. The molecule has 0 atom stereocenters. The van der Waals surface area contributed by atoms with Gasteiger partial charge in [-0.15, -0.1) is 0 Å². The molecule has 5 nitrogen and oxygen atoms in total. The molecule has 24 heavy (non-hydrogen) atoms. The number of benzene rings is 2. The van der Waals surface area contributed by atoms with Crippen LogP contribution in [0.15, 0.2) is 42.5 Å². The zero-order valence-corrected chi connectivity index (χ0v) is 13.7. The lowest BCUT2D eigenvalue weighted by Gasteiger charge is -2.12. The fourth-order valence-corrected chi connectivity index (χ4v) is 2.13. The molecule has 0 saturated heterocycles. The molecular weight excluding hydrogens is 309 g/mol. The fourth-order valence-electron chi connectivity index (χ4n) is 2.13. The summed E-state index contributed by atoms with van der Waals surface area (Å²) in [6, 6.07) is 11.4. The highest BCUT2D eigenvalue weighted by Crippen LogP contribution is 2.20. The Morgan fingerprint density at radius 1 is 1.08 bits per heavy atom. The lowest BCUT2D eigenvalue weighted by molar-refractivity contribution is -0.119. The summed E-state index contributed by atoms with van der Waals surface area (Å²) >= 11 is 0. The first-order valence-electron chi connectivity index (χ1n) is 7.57. The van der Waals surface area contributed by atoms with Crippen molar-refractivity contribution < 1.29 is 14.0 Å². The quantitative estimate of drug-likeness (QED) is 0.763. The fraction of sp³-hybridized carbons (Fsp3) is 0.222. The molecule has 2 aromatic rings. The average Bonchev–Trinajstić information content (AvgIpc) is 2.54. The average molecular weight is 329 g/mol. The summed E-state index contributed by atoms with van der Waals surface area (Å²) in [6.07, 6.45) is 0. The molecule has 126 valence electrons. The summed E-state index contributed by atoms with van der Waals surface area (Å²) in [6.45, 7) is 3.80. The molecular formula is C18H20FN3O2. The smallest absolute Gasteiger partial charge is 0.239 e. The lowest BCUT2D eigenvalue weighted by atomic mass is 10.1. The maximum Gasteiger partial charge on any atom is 0.239 e. The SMILES string of the molecule is CC(=O)Nc1ccc(C)c(NCC(=O)NCc2ccc(F)cc2)c1. The van der Waals surface area contributed by atoms with E-state index in [2.05, 4.69) is 16.0 Å². The molecule has 0 radical (unpaired) electrons.